The van der Waals surface area contributed by atoms with Crippen molar-refractivity contribution in [2.24, 2.45) is 0 Å². The lowest BCUT2D eigenvalue weighted by molar-refractivity contribution is 0.0975. The van der Waals surface area contributed by atoms with E-state index in [1.54, 1.807) is 31.4 Å². The summed E-state index contributed by atoms with van der Waals surface area (Å²) < 4.78 is 5.22. The normalized spacial score (nSPS) is 13.9. The first-order chi connectivity index (χ1) is 10.6. The first-order valence-electron chi connectivity index (χ1n) is 6.33. The van der Waals surface area contributed by atoms with Gasteiger partial charge in [-0.1, -0.05) is 0 Å². The molecule has 0 radical (unpaired) electrons. The van der Waals surface area contributed by atoms with Gasteiger partial charge in [0.1, 0.15) is 22.8 Å². The van der Waals surface area contributed by atoms with Crippen LogP contribution in [0.5, 0.6) is 5.75 Å². The van der Waals surface area contributed by atoms with Gasteiger partial charge in [0.15, 0.2) is 0 Å². The summed E-state index contributed by atoms with van der Waals surface area (Å²) in [6.45, 7) is 0. The number of methoxy groups -OCH3 is 1. The predicted octanol–water partition coefficient (Wildman–Crippen LogP) is 2.58. The van der Waals surface area contributed by atoms with E-state index in [1.165, 1.54) is 12.4 Å². The lowest BCUT2D eigenvalue weighted by atomic mass is 10.0. The summed E-state index contributed by atoms with van der Waals surface area (Å²) in [4.78, 5) is 32.6. The summed E-state index contributed by atoms with van der Waals surface area (Å²) in [5.74, 6) is -0.0649. The fourth-order valence-corrected chi connectivity index (χ4v) is 2.50. The molecule has 0 unspecified atom stereocenters. The van der Waals surface area contributed by atoms with E-state index in [9.17, 15) is 9.59 Å². The minimum absolute atomic E-state index is 0.0479. The molecule has 6 nitrogen and oxygen atoms in total. The van der Waals surface area contributed by atoms with E-state index in [2.05, 4.69) is 31.2 Å². The lowest BCUT2D eigenvalue weighted by Crippen LogP contribution is -2.26. The quantitative estimate of drug-likeness (QED) is 0.906. The molecule has 7 heteroatoms. The van der Waals surface area contributed by atoms with Gasteiger partial charge in [-0.15, -0.1) is 0 Å². The molecule has 1 aromatic carbocycles. The fourth-order valence-electron chi connectivity index (χ4n) is 2.04. The maximum Gasteiger partial charge on any atom is 0.231 e. The molecule has 0 aliphatic heterocycles. The SMILES string of the molecule is COc1ccc(NC2=C(Br)C(=O)c3nccnc3C2=O)cc1. The van der Waals surface area contributed by atoms with Gasteiger partial charge in [-0.3, -0.25) is 9.59 Å². The zero-order valence-corrected chi connectivity index (χ0v) is 13.0. The number of benzene rings is 1. The minimum atomic E-state index is -0.384. The Labute approximate surface area is 134 Å². The Morgan fingerprint density at radius 1 is 1.00 bits per heavy atom. The number of carbonyl (C=O) groups excluding carboxylic acids is 2. The number of anilines is 1. The zero-order chi connectivity index (χ0) is 15.7. The molecule has 0 spiro atoms. The number of rotatable bonds is 3. The van der Waals surface area contributed by atoms with Crippen molar-refractivity contribution in [2.75, 3.05) is 12.4 Å². The highest BCUT2D eigenvalue weighted by molar-refractivity contribution is 9.12. The van der Waals surface area contributed by atoms with E-state index in [0.29, 0.717) is 11.4 Å². The van der Waals surface area contributed by atoms with Crippen molar-refractivity contribution >= 4 is 33.2 Å². The highest BCUT2D eigenvalue weighted by Crippen LogP contribution is 2.28. The van der Waals surface area contributed by atoms with Gasteiger partial charge in [-0.25, -0.2) is 9.97 Å². The predicted molar refractivity (Wildman–Crippen MR) is 83.3 cm³/mol. The maximum absolute atomic E-state index is 12.5. The number of hydrogen-bond donors (Lipinski definition) is 1. The smallest absolute Gasteiger partial charge is 0.231 e. The van der Waals surface area contributed by atoms with Gasteiger partial charge in [0.25, 0.3) is 0 Å². The van der Waals surface area contributed by atoms with Crippen LogP contribution in [0, 0.1) is 0 Å². The van der Waals surface area contributed by atoms with E-state index in [1.807, 2.05) is 0 Å². The van der Waals surface area contributed by atoms with E-state index in [-0.39, 0.29) is 33.1 Å². The molecular formula is C15H10BrN3O3. The third-order valence-corrected chi connectivity index (χ3v) is 3.89. The fraction of sp³-hybridized carbons (Fsp3) is 0.0667. The van der Waals surface area contributed by atoms with Crippen LogP contribution in [-0.4, -0.2) is 28.6 Å². The summed E-state index contributed by atoms with van der Waals surface area (Å²) >= 11 is 3.17. The molecule has 1 aliphatic carbocycles. The molecule has 0 bridgehead atoms. The van der Waals surface area contributed by atoms with Crippen LogP contribution in [0.1, 0.15) is 21.0 Å². The Morgan fingerprint density at radius 2 is 1.59 bits per heavy atom. The number of ether oxygens (including phenoxy) is 1. The number of fused-ring (bicyclic) bond motifs is 1. The zero-order valence-electron chi connectivity index (χ0n) is 11.5. The average molecular weight is 360 g/mol. The van der Waals surface area contributed by atoms with Gasteiger partial charge in [-0.2, -0.15) is 0 Å². The topological polar surface area (TPSA) is 81.2 Å². The van der Waals surface area contributed by atoms with Crippen molar-refractivity contribution in [1.29, 1.82) is 0 Å². The van der Waals surface area contributed by atoms with E-state index in [4.69, 9.17) is 4.74 Å². The van der Waals surface area contributed by atoms with Gasteiger partial charge >= 0.3 is 0 Å². The van der Waals surface area contributed by atoms with Crippen molar-refractivity contribution in [2.45, 2.75) is 0 Å². The van der Waals surface area contributed by atoms with Crippen molar-refractivity contribution in [1.82, 2.24) is 9.97 Å². The maximum atomic E-state index is 12.5. The summed E-state index contributed by atoms with van der Waals surface area (Å²) in [6, 6.07) is 6.99. The van der Waals surface area contributed by atoms with Gasteiger partial charge < -0.3 is 10.1 Å². The molecule has 0 amide bonds. The van der Waals surface area contributed by atoms with Crippen LogP contribution in [0.2, 0.25) is 0 Å². The summed E-state index contributed by atoms with van der Waals surface area (Å²) in [5.41, 5.74) is 0.899. The van der Waals surface area contributed by atoms with E-state index in [0.717, 1.165) is 0 Å². The standard InChI is InChI=1S/C15H10BrN3O3/c1-22-9-4-2-8(3-5-9)19-11-10(16)14(20)12-13(15(11)21)18-7-6-17-12/h2-7,19H,1H3. The van der Waals surface area contributed by atoms with Gasteiger partial charge in [0, 0.05) is 18.1 Å². The molecule has 110 valence electrons. The number of allylic oxidation sites excluding steroid dienone is 2. The Bertz CT molecular complexity index is 800. The molecule has 0 atom stereocenters. The van der Waals surface area contributed by atoms with Crippen LogP contribution in [0.4, 0.5) is 5.69 Å². The van der Waals surface area contributed by atoms with Crippen LogP contribution in [0.25, 0.3) is 0 Å². The third-order valence-electron chi connectivity index (χ3n) is 3.13. The van der Waals surface area contributed by atoms with Crippen molar-refractivity contribution in [3.8, 4) is 5.75 Å². The van der Waals surface area contributed by atoms with Crippen molar-refractivity contribution in [3.63, 3.8) is 0 Å². The number of halogens is 1. The number of aromatic nitrogens is 2. The van der Waals surface area contributed by atoms with E-state index >= 15 is 0 Å². The highest BCUT2D eigenvalue weighted by atomic mass is 79.9. The van der Waals surface area contributed by atoms with E-state index < -0.39 is 0 Å². The largest absolute Gasteiger partial charge is 0.497 e. The lowest BCUT2D eigenvalue weighted by Gasteiger charge is -2.17. The van der Waals surface area contributed by atoms with Crippen molar-refractivity contribution in [3.05, 3.63) is 58.2 Å². The second-order valence-electron chi connectivity index (χ2n) is 4.45. The number of ketones is 2. The average Bonchev–Trinajstić information content (AvgIpc) is 2.57. The third kappa shape index (κ3) is 2.39. The summed E-state index contributed by atoms with van der Waals surface area (Å²) in [6.07, 6.45) is 2.76. The molecule has 0 fully saturated rings. The molecule has 0 saturated carbocycles. The van der Waals surface area contributed by atoms with Crippen molar-refractivity contribution < 1.29 is 14.3 Å². The van der Waals surface area contributed by atoms with Crippen LogP contribution >= 0.6 is 15.9 Å². The number of carbonyl (C=O) groups is 2. The van der Waals surface area contributed by atoms with Gasteiger partial charge in [-0.05, 0) is 40.2 Å². The monoisotopic (exact) mass is 359 g/mol. The number of nitrogens with zero attached hydrogens (tertiary/aromatic N) is 2. The number of hydrogen-bond acceptors (Lipinski definition) is 6. The Kier molecular flexibility index (Phi) is 3.72. The second kappa shape index (κ2) is 5.69. The van der Waals surface area contributed by atoms with Crippen LogP contribution in [0.15, 0.2) is 46.8 Å². The van der Waals surface area contributed by atoms with Crippen LogP contribution in [0.3, 0.4) is 0 Å². The van der Waals surface area contributed by atoms with Crippen LogP contribution < -0.4 is 10.1 Å². The molecule has 2 aromatic rings. The molecular weight excluding hydrogens is 350 g/mol. The summed E-state index contributed by atoms with van der Waals surface area (Å²) in [7, 11) is 1.57. The minimum Gasteiger partial charge on any atom is -0.497 e. The van der Waals surface area contributed by atoms with Gasteiger partial charge in [0.05, 0.1) is 11.6 Å². The molecule has 1 N–H and O–H groups in total. The summed E-state index contributed by atoms with van der Waals surface area (Å²) in [5, 5.41) is 2.94. The molecule has 1 aromatic heterocycles. The first kappa shape index (κ1) is 14.4. The van der Waals surface area contributed by atoms with Crippen LogP contribution in [-0.2, 0) is 0 Å². The number of Topliss-reactive ketones (excluding diaryl/α,β-unsaturated/α-hetero) is 2. The molecule has 22 heavy (non-hydrogen) atoms. The van der Waals surface area contributed by atoms with Gasteiger partial charge in [0.2, 0.25) is 11.6 Å². The Balaban J connectivity index is 1.97. The second-order valence-corrected chi connectivity index (χ2v) is 5.25. The number of nitrogens with one attached hydrogen (secondary N) is 1. The molecule has 3 rings (SSSR count). The highest BCUT2D eigenvalue weighted by Gasteiger charge is 2.33. The Hall–Kier alpha value is -2.54. The molecule has 1 aliphatic rings. The first-order valence-corrected chi connectivity index (χ1v) is 7.12. The molecule has 1 heterocycles. The Morgan fingerprint density at radius 3 is 2.18 bits per heavy atom. The molecule has 0 saturated heterocycles.